The van der Waals surface area contributed by atoms with E-state index in [4.69, 9.17) is 28.5 Å². The first-order chi connectivity index (χ1) is 16.4. The van der Waals surface area contributed by atoms with Gasteiger partial charge in [-0.25, -0.2) is 4.79 Å². The molecule has 0 bridgehead atoms. The van der Waals surface area contributed by atoms with Crippen molar-refractivity contribution < 1.29 is 38.4 Å². The quantitative estimate of drug-likeness (QED) is 0.299. The van der Waals surface area contributed by atoms with Crippen molar-refractivity contribution in [2.45, 2.75) is 44.6 Å². The van der Waals surface area contributed by atoms with E-state index in [2.05, 4.69) is 17.0 Å². The number of hydrogen-bond donors (Lipinski definition) is 1. The predicted octanol–water partition coefficient (Wildman–Crippen LogP) is 2.64. The summed E-state index contributed by atoms with van der Waals surface area (Å²) in [6.07, 6.45) is -1.34. The highest BCUT2D eigenvalue weighted by molar-refractivity contribution is 5.93. The molecule has 2 heterocycles. The third-order valence-electron chi connectivity index (χ3n) is 5.10. The molecule has 1 N–H and O–H groups in total. The average molecular weight is 467 g/mol. The van der Waals surface area contributed by atoms with Crippen LogP contribution >= 0.6 is 0 Å². The maximum atomic E-state index is 12.2. The molecule has 3 atom stereocenters. The molecule has 1 fully saturated rings. The van der Waals surface area contributed by atoms with Crippen molar-refractivity contribution in [3.05, 3.63) is 59.2 Å². The van der Waals surface area contributed by atoms with Crippen molar-refractivity contribution in [1.29, 1.82) is 0 Å². The molecule has 34 heavy (non-hydrogen) atoms. The Kier molecular flexibility index (Phi) is 7.03. The van der Waals surface area contributed by atoms with Crippen molar-refractivity contribution in [1.82, 2.24) is 0 Å². The summed E-state index contributed by atoms with van der Waals surface area (Å²) in [4.78, 5) is 17.5. The summed E-state index contributed by atoms with van der Waals surface area (Å²) in [5.74, 6) is 4.89. The lowest BCUT2D eigenvalue weighted by atomic mass is 10.0. The first-order valence-corrected chi connectivity index (χ1v) is 10.6. The molecule has 0 spiro atoms. The predicted molar refractivity (Wildman–Crippen MR) is 120 cm³/mol. The lowest BCUT2D eigenvalue weighted by Gasteiger charge is -2.17. The molecule has 1 saturated heterocycles. The Hall–Kier alpha value is -3.58. The molecule has 4 rings (SSSR count). The van der Waals surface area contributed by atoms with Gasteiger partial charge >= 0.3 is 5.97 Å². The second kappa shape index (κ2) is 10.1. The first-order valence-electron chi connectivity index (χ1n) is 10.6. The molecule has 2 aromatic carbocycles. The summed E-state index contributed by atoms with van der Waals surface area (Å²) < 4.78 is 27.2. The van der Waals surface area contributed by atoms with Crippen LogP contribution in [0.3, 0.4) is 0 Å². The topological polar surface area (TPSA) is 105 Å². The van der Waals surface area contributed by atoms with Crippen LogP contribution in [0.15, 0.2) is 47.6 Å². The van der Waals surface area contributed by atoms with Crippen LogP contribution in [0, 0.1) is 11.8 Å². The number of esters is 1. The first kappa shape index (κ1) is 23.6. The minimum atomic E-state index is -1.25. The van der Waals surface area contributed by atoms with Gasteiger partial charge in [-0.1, -0.05) is 47.3 Å². The highest BCUT2D eigenvalue weighted by atomic mass is 16.8. The molecular formula is C25H25NO8. The number of carbonyl (C=O) groups is 1. The zero-order valence-electron chi connectivity index (χ0n) is 19.0. The van der Waals surface area contributed by atoms with Crippen LogP contribution in [-0.2, 0) is 25.7 Å². The van der Waals surface area contributed by atoms with E-state index < -0.39 is 30.1 Å². The van der Waals surface area contributed by atoms with Crippen molar-refractivity contribution in [2.24, 2.45) is 5.16 Å². The van der Waals surface area contributed by atoms with Gasteiger partial charge in [-0.15, -0.1) is 0 Å². The standard InChI is InChI=1S/C25H25NO8/c1-25(2)33-22(13-26-32-14-16-7-5-4-6-8-16)23(34-25)19(27)10-9-17-11-20-21(31-15-30-20)12-18(17)24(28)29-3/h4-8,11-13,19,22-23,27H,14-15H2,1-3H3/b26-13+/t19-,22-,23+/m1/s1. The Morgan fingerprint density at radius 1 is 1.24 bits per heavy atom. The number of oxime groups is 1. The number of hydrogen-bond acceptors (Lipinski definition) is 9. The summed E-state index contributed by atoms with van der Waals surface area (Å²) in [5, 5.41) is 14.7. The Labute approximate surface area is 197 Å². The number of methoxy groups -OCH3 is 1. The van der Waals surface area contributed by atoms with E-state index >= 15 is 0 Å². The number of nitrogens with zero attached hydrogens (tertiary/aromatic N) is 1. The SMILES string of the molecule is COC(=O)c1cc2c(cc1C#C[C@@H](O)[C@@H]1OC(C)(C)O[C@@H]1/C=N/OCc1ccccc1)OCO2. The molecule has 9 heteroatoms. The van der Waals surface area contributed by atoms with Gasteiger partial charge in [-0.3, -0.25) is 0 Å². The maximum absolute atomic E-state index is 12.2. The van der Waals surface area contributed by atoms with E-state index in [0.29, 0.717) is 23.7 Å². The van der Waals surface area contributed by atoms with Gasteiger partial charge in [-0.2, -0.15) is 0 Å². The van der Waals surface area contributed by atoms with Crippen LogP contribution in [0.25, 0.3) is 0 Å². The molecular weight excluding hydrogens is 442 g/mol. The summed E-state index contributed by atoms with van der Waals surface area (Å²) in [6, 6.07) is 12.7. The van der Waals surface area contributed by atoms with Gasteiger partial charge < -0.3 is 33.6 Å². The average Bonchev–Trinajstić information content (AvgIpc) is 3.42. The third kappa shape index (κ3) is 5.48. The fourth-order valence-corrected chi connectivity index (χ4v) is 3.52. The lowest BCUT2D eigenvalue weighted by Crippen LogP contribution is -2.35. The molecule has 2 aliphatic heterocycles. The van der Waals surface area contributed by atoms with E-state index in [-0.39, 0.29) is 12.4 Å². The van der Waals surface area contributed by atoms with Crippen LogP contribution in [-0.4, -0.2) is 55.3 Å². The van der Waals surface area contributed by atoms with Crippen LogP contribution in [0.5, 0.6) is 11.5 Å². The zero-order valence-corrected chi connectivity index (χ0v) is 19.0. The van der Waals surface area contributed by atoms with Crippen LogP contribution in [0.1, 0.15) is 35.3 Å². The Bertz CT molecular complexity index is 1120. The van der Waals surface area contributed by atoms with E-state index in [1.807, 2.05) is 30.3 Å². The van der Waals surface area contributed by atoms with E-state index in [1.165, 1.54) is 19.4 Å². The second-order valence-corrected chi connectivity index (χ2v) is 8.04. The number of carbonyl (C=O) groups excluding carboxylic acids is 1. The minimum Gasteiger partial charge on any atom is -0.465 e. The molecule has 0 aromatic heterocycles. The summed E-state index contributed by atoms with van der Waals surface area (Å²) in [6.45, 7) is 3.80. The zero-order chi connectivity index (χ0) is 24.1. The number of aliphatic hydroxyl groups excluding tert-OH is 1. The van der Waals surface area contributed by atoms with Gasteiger partial charge in [0, 0.05) is 11.6 Å². The lowest BCUT2D eigenvalue weighted by molar-refractivity contribution is -0.148. The van der Waals surface area contributed by atoms with Gasteiger partial charge in [0.1, 0.15) is 24.9 Å². The molecule has 9 nitrogen and oxygen atoms in total. The number of aliphatic hydroxyl groups is 1. The molecule has 2 aliphatic rings. The van der Waals surface area contributed by atoms with Crippen LogP contribution < -0.4 is 9.47 Å². The normalized spacial score (nSPS) is 21.1. The highest BCUT2D eigenvalue weighted by Gasteiger charge is 2.44. The van der Waals surface area contributed by atoms with Crippen LogP contribution in [0.4, 0.5) is 0 Å². The van der Waals surface area contributed by atoms with E-state index in [0.717, 1.165) is 5.56 Å². The molecule has 0 aliphatic carbocycles. The van der Waals surface area contributed by atoms with Gasteiger partial charge in [0.05, 0.1) is 18.9 Å². The largest absolute Gasteiger partial charge is 0.465 e. The molecule has 0 amide bonds. The van der Waals surface area contributed by atoms with Crippen molar-refractivity contribution >= 4 is 12.2 Å². The highest BCUT2D eigenvalue weighted by Crippen LogP contribution is 2.35. The molecule has 2 aromatic rings. The van der Waals surface area contributed by atoms with Gasteiger partial charge in [0.2, 0.25) is 6.79 Å². The van der Waals surface area contributed by atoms with Crippen LogP contribution in [0.2, 0.25) is 0 Å². The molecule has 0 radical (unpaired) electrons. The number of benzene rings is 2. The maximum Gasteiger partial charge on any atom is 0.339 e. The smallest absolute Gasteiger partial charge is 0.339 e. The Morgan fingerprint density at radius 2 is 1.97 bits per heavy atom. The number of fused-ring (bicyclic) bond motifs is 1. The van der Waals surface area contributed by atoms with Gasteiger partial charge in [-0.05, 0) is 25.5 Å². The fourth-order valence-electron chi connectivity index (χ4n) is 3.52. The Balaban J connectivity index is 1.49. The number of rotatable bonds is 6. The molecule has 0 unspecified atom stereocenters. The van der Waals surface area contributed by atoms with Gasteiger partial charge in [0.15, 0.2) is 17.3 Å². The van der Waals surface area contributed by atoms with Crippen molar-refractivity contribution in [3.8, 4) is 23.3 Å². The third-order valence-corrected chi connectivity index (χ3v) is 5.10. The second-order valence-electron chi connectivity index (χ2n) is 8.04. The summed E-state index contributed by atoms with van der Waals surface area (Å²) in [7, 11) is 1.27. The summed E-state index contributed by atoms with van der Waals surface area (Å²) in [5.41, 5.74) is 1.49. The van der Waals surface area contributed by atoms with Crippen molar-refractivity contribution in [3.63, 3.8) is 0 Å². The number of ether oxygens (including phenoxy) is 5. The molecule has 178 valence electrons. The molecule has 0 saturated carbocycles. The summed E-state index contributed by atoms with van der Waals surface area (Å²) >= 11 is 0. The van der Waals surface area contributed by atoms with E-state index in [9.17, 15) is 9.90 Å². The fraction of sp³-hybridized carbons (Fsp3) is 0.360. The van der Waals surface area contributed by atoms with Crippen molar-refractivity contribution in [2.75, 3.05) is 13.9 Å². The Morgan fingerprint density at radius 3 is 2.71 bits per heavy atom. The van der Waals surface area contributed by atoms with E-state index in [1.54, 1.807) is 19.9 Å². The van der Waals surface area contributed by atoms with Gasteiger partial charge in [0.25, 0.3) is 0 Å². The monoisotopic (exact) mass is 467 g/mol. The minimum absolute atomic E-state index is 0.0468.